The number of piperazine rings is 1. The molecule has 80 valence electrons. The predicted molar refractivity (Wildman–Crippen MR) is 52.5 cm³/mol. The maximum atomic E-state index is 11.5. The van der Waals surface area contributed by atoms with E-state index in [4.69, 9.17) is 5.73 Å². The van der Waals surface area contributed by atoms with E-state index in [9.17, 15) is 9.59 Å². The van der Waals surface area contributed by atoms with Gasteiger partial charge in [-0.15, -0.1) is 0 Å². The molecule has 5 nitrogen and oxygen atoms in total. The molecule has 1 saturated heterocycles. The zero-order valence-corrected chi connectivity index (χ0v) is 8.69. The summed E-state index contributed by atoms with van der Waals surface area (Å²) in [6, 6.07) is 0.0893. The second-order valence-electron chi connectivity index (χ2n) is 3.67. The monoisotopic (exact) mass is 199 g/mol. The first-order valence-electron chi connectivity index (χ1n) is 4.88. The van der Waals surface area contributed by atoms with Crippen LogP contribution in [0.15, 0.2) is 0 Å². The largest absolute Gasteiger partial charge is 0.331 e. The molecule has 1 aliphatic rings. The molecule has 5 heteroatoms. The maximum Gasteiger partial charge on any atom is 0.312 e. The molecule has 0 aromatic heterocycles. The lowest BCUT2D eigenvalue weighted by atomic mass is 10.2. The Morgan fingerprint density at radius 3 is 2.43 bits per heavy atom. The lowest BCUT2D eigenvalue weighted by Crippen LogP contribution is -2.57. The van der Waals surface area contributed by atoms with Crippen molar-refractivity contribution in [3.05, 3.63) is 0 Å². The highest BCUT2D eigenvalue weighted by Crippen LogP contribution is 2.07. The van der Waals surface area contributed by atoms with Crippen molar-refractivity contribution in [2.45, 2.75) is 19.9 Å². The third-order valence-electron chi connectivity index (χ3n) is 2.36. The second-order valence-corrected chi connectivity index (χ2v) is 3.67. The smallest absolute Gasteiger partial charge is 0.312 e. The van der Waals surface area contributed by atoms with Crippen LogP contribution in [0.2, 0.25) is 0 Å². The van der Waals surface area contributed by atoms with Gasteiger partial charge in [0, 0.05) is 32.2 Å². The van der Waals surface area contributed by atoms with Crippen molar-refractivity contribution >= 4 is 11.8 Å². The number of nitrogens with two attached hydrogens (primary N) is 1. The molecule has 0 bridgehead atoms. The minimum Gasteiger partial charge on any atom is -0.331 e. The average molecular weight is 199 g/mol. The Bertz CT molecular complexity index is 240. The van der Waals surface area contributed by atoms with Gasteiger partial charge >= 0.3 is 11.8 Å². The first kappa shape index (κ1) is 11.0. The van der Waals surface area contributed by atoms with Gasteiger partial charge in [0.25, 0.3) is 0 Å². The van der Waals surface area contributed by atoms with Crippen molar-refractivity contribution in [1.29, 1.82) is 0 Å². The van der Waals surface area contributed by atoms with Gasteiger partial charge in [0.2, 0.25) is 0 Å². The van der Waals surface area contributed by atoms with Gasteiger partial charge < -0.3 is 15.5 Å². The van der Waals surface area contributed by atoms with E-state index < -0.39 is 11.8 Å². The molecule has 0 aliphatic carbocycles. The van der Waals surface area contributed by atoms with Gasteiger partial charge in [-0.3, -0.25) is 9.59 Å². The van der Waals surface area contributed by atoms with Crippen molar-refractivity contribution in [3.63, 3.8) is 0 Å². The van der Waals surface area contributed by atoms with Gasteiger partial charge in [-0.25, -0.2) is 0 Å². The summed E-state index contributed by atoms with van der Waals surface area (Å²) >= 11 is 0. The van der Waals surface area contributed by atoms with Crippen LogP contribution in [-0.4, -0.2) is 53.8 Å². The van der Waals surface area contributed by atoms with E-state index >= 15 is 0 Å². The van der Waals surface area contributed by atoms with Gasteiger partial charge in [0.05, 0.1) is 0 Å². The highest BCUT2D eigenvalue weighted by Gasteiger charge is 2.32. The van der Waals surface area contributed by atoms with Crippen LogP contribution < -0.4 is 5.73 Å². The van der Waals surface area contributed by atoms with Crippen LogP contribution in [0.4, 0.5) is 0 Å². The average Bonchev–Trinajstić information content (AvgIpc) is 2.13. The fourth-order valence-electron chi connectivity index (χ4n) is 1.55. The molecule has 1 rings (SSSR count). The Kier molecular flexibility index (Phi) is 3.46. The highest BCUT2D eigenvalue weighted by molar-refractivity contribution is 6.35. The molecule has 0 unspecified atom stereocenters. The fraction of sp³-hybridized carbons (Fsp3) is 0.778. The van der Waals surface area contributed by atoms with Crippen LogP contribution in [0.1, 0.15) is 13.8 Å². The van der Waals surface area contributed by atoms with Gasteiger partial charge in [-0.1, -0.05) is 0 Å². The van der Waals surface area contributed by atoms with Crippen LogP contribution >= 0.6 is 0 Å². The lowest BCUT2D eigenvalue weighted by Gasteiger charge is -2.35. The van der Waals surface area contributed by atoms with Crippen LogP contribution in [0.5, 0.6) is 0 Å². The van der Waals surface area contributed by atoms with Crippen molar-refractivity contribution in [2.75, 3.05) is 26.2 Å². The van der Waals surface area contributed by atoms with Crippen LogP contribution in [0.25, 0.3) is 0 Å². The summed E-state index contributed by atoms with van der Waals surface area (Å²) in [7, 11) is 0. The molecule has 0 aromatic carbocycles. The molecule has 0 saturated carbocycles. The number of nitrogens with zero attached hydrogens (tertiary/aromatic N) is 2. The van der Waals surface area contributed by atoms with E-state index in [1.807, 2.05) is 13.8 Å². The molecule has 0 atom stereocenters. The molecule has 2 amide bonds. The standard InChI is InChI=1S/C9H17N3O2/c1-7(2)12-6-5-11(4-3-10)8(13)9(12)14/h7H,3-6,10H2,1-2H3. The van der Waals surface area contributed by atoms with Crippen LogP contribution in [0.3, 0.4) is 0 Å². The number of amides is 2. The minimum atomic E-state index is -0.421. The number of hydrogen-bond acceptors (Lipinski definition) is 3. The van der Waals surface area contributed by atoms with E-state index in [2.05, 4.69) is 0 Å². The topological polar surface area (TPSA) is 66.6 Å². The van der Waals surface area contributed by atoms with Crippen molar-refractivity contribution in [3.8, 4) is 0 Å². The Morgan fingerprint density at radius 1 is 1.29 bits per heavy atom. The van der Waals surface area contributed by atoms with Gasteiger partial charge in [-0.05, 0) is 13.8 Å². The molecule has 2 N–H and O–H groups in total. The molecule has 1 fully saturated rings. The summed E-state index contributed by atoms with van der Waals surface area (Å²) in [4.78, 5) is 26.2. The van der Waals surface area contributed by atoms with E-state index in [0.717, 1.165) is 0 Å². The Morgan fingerprint density at radius 2 is 1.93 bits per heavy atom. The summed E-state index contributed by atoms with van der Waals surface area (Å²) in [6.45, 7) is 5.90. The molecular formula is C9H17N3O2. The summed E-state index contributed by atoms with van der Waals surface area (Å²) in [5.74, 6) is -0.824. The van der Waals surface area contributed by atoms with Crippen LogP contribution in [0, 0.1) is 0 Å². The summed E-state index contributed by atoms with van der Waals surface area (Å²) in [5, 5.41) is 0. The van der Waals surface area contributed by atoms with E-state index in [0.29, 0.717) is 26.2 Å². The zero-order valence-electron chi connectivity index (χ0n) is 8.69. The predicted octanol–water partition coefficient (Wildman–Crippen LogP) is -0.976. The van der Waals surface area contributed by atoms with Gasteiger partial charge in [0.15, 0.2) is 0 Å². The van der Waals surface area contributed by atoms with Crippen molar-refractivity contribution in [2.24, 2.45) is 5.73 Å². The van der Waals surface area contributed by atoms with Crippen molar-refractivity contribution < 1.29 is 9.59 Å². The normalized spacial score (nSPS) is 18.3. The van der Waals surface area contributed by atoms with E-state index in [1.54, 1.807) is 4.90 Å². The lowest BCUT2D eigenvalue weighted by molar-refractivity contribution is -0.157. The fourth-order valence-corrected chi connectivity index (χ4v) is 1.55. The van der Waals surface area contributed by atoms with Gasteiger partial charge in [0.1, 0.15) is 0 Å². The minimum absolute atomic E-state index is 0.0893. The van der Waals surface area contributed by atoms with Crippen molar-refractivity contribution in [1.82, 2.24) is 9.80 Å². The molecule has 1 heterocycles. The second kappa shape index (κ2) is 4.41. The highest BCUT2D eigenvalue weighted by atomic mass is 16.2. The summed E-state index contributed by atoms with van der Waals surface area (Å²) < 4.78 is 0. The van der Waals surface area contributed by atoms with Gasteiger partial charge in [-0.2, -0.15) is 0 Å². The van der Waals surface area contributed by atoms with E-state index in [1.165, 1.54) is 4.90 Å². The number of hydrogen-bond donors (Lipinski definition) is 1. The molecule has 0 aromatic rings. The first-order valence-corrected chi connectivity index (χ1v) is 4.88. The maximum absolute atomic E-state index is 11.5. The van der Waals surface area contributed by atoms with Crippen LogP contribution in [-0.2, 0) is 9.59 Å². The quantitative estimate of drug-likeness (QED) is 0.594. The number of rotatable bonds is 3. The molecule has 0 radical (unpaired) electrons. The Balaban J connectivity index is 2.65. The molecular weight excluding hydrogens is 182 g/mol. The third kappa shape index (κ3) is 2.04. The zero-order chi connectivity index (χ0) is 10.7. The molecule has 1 aliphatic heterocycles. The first-order chi connectivity index (χ1) is 6.57. The Labute approximate surface area is 83.8 Å². The third-order valence-corrected chi connectivity index (χ3v) is 2.36. The SMILES string of the molecule is CC(C)N1CCN(CCN)C(=O)C1=O. The molecule has 14 heavy (non-hydrogen) atoms. The summed E-state index contributed by atoms with van der Waals surface area (Å²) in [6.07, 6.45) is 0. The summed E-state index contributed by atoms with van der Waals surface area (Å²) in [5.41, 5.74) is 5.34. The van der Waals surface area contributed by atoms with E-state index in [-0.39, 0.29) is 6.04 Å². The number of carbonyl (C=O) groups excluding carboxylic acids is 2. The Hall–Kier alpha value is -1.10. The number of carbonyl (C=O) groups is 2. The molecule has 0 spiro atoms.